The third-order valence-electron chi connectivity index (χ3n) is 3.38. The van der Waals surface area contributed by atoms with E-state index in [2.05, 4.69) is 26.0 Å². The molecule has 126 valence electrons. The molecule has 1 heterocycles. The average molecular weight is 344 g/mol. The van der Waals surface area contributed by atoms with E-state index in [0.717, 1.165) is 5.69 Å². The Bertz CT molecular complexity index is 883. The average Bonchev–Trinajstić information content (AvgIpc) is 3.11. The number of rotatable bonds is 4. The van der Waals surface area contributed by atoms with Crippen LogP contribution in [0.2, 0.25) is 0 Å². The summed E-state index contributed by atoms with van der Waals surface area (Å²) in [6.45, 7) is 0. The van der Waals surface area contributed by atoms with Crippen LogP contribution in [0.1, 0.15) is 17.5 Å². The Balaban J connectivity index is 1.79. The molecule has 1 N–H and O–H groups in total. The smallest absolute Gasteiger partial charge is 0.366 e. The predicted octanol–water partition coefficient (Wildman–Crippen LogP) is 4.43. The molecule has 1 unspecified atom stereocenters. The Kier molecular flexibility index (Phi) is 4.39. The van der Waals surface area contributed by atoms with E-state index in [-0.39, 0.29) is 5.82 Å². The predicted molar refractivity (Wildman–Crippen MR) is 83.2 cm³/mol. The molecule has 1 aromatic heterocycles. The van der Waals surface area contributed by atoms with Gasteiger partial charge in [-0.1, -0.05) is 47.6 Å². The minimum absolute atomic E-state index is 0.164. The lowest BCUT2D eigenvalue weighted by Crippen LogP contribution is -2.08. The summed E-state index contributed by atoms with van der Waals surface area (Å²) in [6, 6.07) is 17.1. The number of nitriles is 1. The molecule has 2 aromatic carbocycles. The molecule has 0 aliphatic carbocycles. The van der Waals surface area contributed by atoms with E-state index in [9.17, 15) is 18.4 Å². The van der Waals surface area contributed by atoms with Crippen LogP contribution in [0.25, 0.3) is 11.4 Å². The van der Waals surface area contributed by atoms with Gasteiger partial charge in [0.1, 0.15) is 6.04 Å². The van der Waals surface area contributed by atoms with E-state index < -0.39 is 18.1 Å². The van der Waals surface area contributed by atoms with Crippen LogP contribution in [0.4, 0.5) is 18.9 Å². The molecule has 0 saturated heterocycles. The number of benzene rings is 2. The first-order valence-electron chi connectivity index (χ1n) is 7.20. The van der Waals surface area contributed by atoms with Crippen LogP contribution >= 0.6 is 0 Å². The summed E-state index contributed by atoms with van der Waals surface area (Å²) in [5.41, 5.74) is 1.81. The first-order valence-corrected chi connectivity index (χ1v) is 7.20. The second-order valence-corrected chi connectivity index (χ2v) is 5.12. The lowest BCUT2D eigenvalue weighted by atomic mass is 10.1. The number of hydrogen-bond donors (Lipinski definition) is 1. The Hall–Kier alpha value is -3.34. The lowest BCUT2D eigenvalue weighted by molar-refractivity contribution is -0.159. The second-order valence-electron chi connectivity index (χ2n) is 5.12. The zero-order chi connectivity index (χ0) is 17.9. The van der Waals surface area contributed by atoms with Gasteiger partial charge in [-0.3, -0.25) is 0 Å². The second kappa shape index (κ2) is 6.65. The van der Waals surface area contributed by atoms with Crippen molar-refractivity contribution in [2.45, 2.75) is 12.2 Å². The molecule has 0 bridgehead atoms. The summed E-state index contributed by atoms with van der Waals surface area (Å²) in [6.07, 6.45) is -4.68. The van der Waals surface area contributed by atoms with Crippen molar-refractivity contribution in [2.75, 3.05) is 5.32 Å². The van der Waals surface area contributed by atoms with E-state index >= 15 is 0 Å². The van der Waals surface area contributed by atoms with Crippen LogP contribution in [0.5, 0.6) is 0 Å². The van der Waals surface area contributed by atoms with E-state index in [4.69, 9.17) is 0 Å². The van der Waals surface area contributed by atoms with Crippen LogP contribution in [-0.2, 0) is 6.18 Å². The van der Waals surface area contributed by atoms with Crippen molar-refractivity contribution in [1.82, 2.24) is 10.1 Å². The zero-order valence-corrected chi connectivity index (χ0v) is 12.7. The minimum Gasteiger partial charge on any atom is -0.366 e. The third-order valence-corrected chi connectivity index (χ3v) is 3.38. The van der Waals surface area contributed by atoms with Crippen molar-refractivity contribution in [3.8, 4) is 17.5 Å². The molecule has 0 fully saturated rings. The molecule has 0 spiro atoms. The Morgan fingerprint density at radius 1 is 1.04 bits per heavy atom. The maximum absolute atomic E-state index is 12.5. The molecule has 25 heavy (non-hydrogen) atoms. The van der Waals surface area contributed by atoms with Crippen molar-refractivity contribution in [1.29, 1.82) is 5.26 Å². The zero-order valence-electron chi connectivity index (χ0n) is 12.7. The number of para-hydroxylation sites is 1. The van der Waals surface area contributed by atoms with Crippen LogP contribution < -0.4 is 5.32 Å². The molecule has 0 aliphatic rings. The van der Waals surface area contributed by atoms with Gasteiger partial charge < -0.3 is 9.84 Å². The standard InChI is InChI=1S/C17H11F3N4O/c18-17(19,20)16-23-15(24-25-16)12-8-6-11(7-9-12)14(10-21)22-13-4-2-1-3-5-13/h1-9,14,22H. The summed E-state index contributed by atoms with van der Waals surface area (Å²) in [5.74, 6) is -1.56. The van der Waals surface area contributed by atoms with E-state index in [1.54, 1.807) is 12.1 Å². The van der Waals surface area contributed by atoms with Crippen LogP contribution in [0.3, 0.4) is 0 Å². The number of halogens is 3. The lowest BCUT2D eigenvalue weighted by Gasteiger charge is -2.13. The van der Waals surface area contributed by atoms with Gasteiger partial charge in [-0.2, -0.15) is 23.4 Å². The SMILES string of the molecule is N#CC(Nc1ccccc1)c1ccc(-c2noc(C(F)(F)F)n2)cc1. The van der Waals surface area contributed by atoms with Crippen molar-refractivity contribution in [2.24, 2.45) is 0 Å². The molecule has 0 aliphatic heterocycles. The fourth-order valence-corrected chi connectivity index (χ4v) is 2.17. The van der Waals surface area contributed by atoms with Gasteiger partial charge in [0.2, 0.25) is 5.82 Å². The van der Waals surface area contributed by atoms with Crippen molar-refractivity contribution in [3.63, 3.8) is 0 Å². The minimum atomic E-state index is -4.68. The maximum atomic E-state index is 12.5. The molecular formula is C17H11F3N4O. The van der Waals surface area contributed by atoms with Crippen molar-refractivity contribution >= 4 is 5.69 Å². The molecule has 1 atom stereocenters. The van der Waals surface area contributed by atoms with Gasteiger partial charge in [-0.15, -0.1) is 0 Å². The molecule has 5 nitrogen and oxygen atoms in total. The van der Waals surface area contributed by atoms with Gasteiger partial charge in [0.15, 0.2) is 0 Å². The summed E-state index contributed by atoms with van der Waals surface area (Å²) in [5, 5.41) is 15.7. The molecule has 3 rings (SSSR count). The highest BCUT2D eigenvalue weighted by Gasteiger charge is 2.38. The van der Waals surface area contributed by atoms with Crippen LogP contribution in [0, 0.1) is 11.3 Å². The third kappa shape index (κ3) is 3.77. The summed E-state index contributed by atoms with van der Waals surface area (Å²) < 4.78 is 41.7. The van der Waals surface area contributed by atoms with Crippen molar-refractivity contribution in [3.05, 3.63) is 66.1 Å². The van der Waals surface area contributed by atoms with Gasteiger partial charge >= 0.3 is 12.1 Å². The Morgan fingerprint density at radius 3 is 2.28 bits per heavy atom. The number of nitrogens with zero attached hydrogens (tertiary/aromatic N) is 3. The highest BCUT2D eigenvalue weighted by atomic mass is 19.4. The Labute approximate surface area is 140 Å². The topological polar surface area (TPSA) is 74.7 Å². The molecular weight excluding hydrogens is 333 g/mol. The van der Waals surface area contributed by atoms with Gasteiger partial charge in [-0.05, 0) is 17.7 Å². The van der Waals surface area contributed by atoms with Gasteiger partial charge in [0, 0.05) is 11.3 Å². The molecule has 0 amide bonds. The summed E-state index contributed by atoms with van der Waals surface area (Å²) in [4.78, 5) is 3.33. The molecule has 8 heteroatoms. The number of nitrogens with one attached hydrogen (secondary N) is 1. The molecule has 3 aromatic rings. The largest absolute Gasteiger partial charge is 0.471 e. The highest BCUT2D eigenvalue weighted by molar-refractivity contribution is 5.56. The summed E-state index contributed by atoms with van der Waals surface area (Å²) >= 11 is 0. The quantitative estimate of drug-likeness (QED) is 0.758. The van der Waals surface area contributed by atoms with Crippen molar-refractivity contribution < 1.29 is 17.7 Å². The maximum Gasteiger partial charge on any atom is 0.471 e. The fraction of sp³-hybridized carbons (Fsp3) is 0.118. The number of hydrogen-bond acceptors (Lipinski definition) is 5. The number of alkyl halides is 3. The Morgan fingerprint density at radius 2 is 1.72 bits per heavy atom. The molecule has 0 saturated carbocycles. The van der Waals surface area contributed by atoms with Gasteiger partial charge in [0.25, 0.3) is 0 Å². The fourth-order valence-electron chi connectivity index (χ4n) is 2.17. The normalized spacial score (nSPS) is 12.4. The first-order chi connectivity index (χ1) is 12.0. The first kappa shape index (κ1) is 16.5. The highest BCUT2D eigenvalue weighted by Crippen LogP contribution is 2.29. The van der Waals surface area contributed by atoms with Crippen LogP contribution in [-0.4, -0.2) is 10.1 Å². The monoisotopic (exact) mass is 344 g/mol. The number of aromatic nitrogens is 2. The number of anilines is 1. The molecule has 0 radical (unpaired) electrons. The van der Waals surface area contributed by atoms with Gasteiger partial charge in [0.05, 0.1) is 6.07 Å². The van der Waals surface area contributed by atoms with E-state index in [1.807, 2.05) is 30.3 Å². The van der Waals surface area contributed by atoms with Gasteiger partial charge in [-0.25, -0.2) is 0 Å². The van der Waals surface area contributed by atoms with E-state index in [1.165, 1.54) is 12.1 Å². The van der Waals surface area contributed by atoms with Crippen LogP contribution in [0.15, 0.2) is 59.1 Å². The van der Waals surface area contributed by atoms with E-state index in [0.29, 0.717) is 11.1 Å². The summed E-state index contributed by atoms with van der Waals surface area (Å²) in [7, 11) is 0.